The summed E-state index contributed by atoms with van der Waals surface area (Å²) in [6.07, 6.45) is 2.80. The van der Waals surface area contributed by atoms with Gasteiger partial charge in [0.25, 0.3) is 0 Å². The molecule has 0 aliphatic heterocycles. The summed E-state index contributed by atoms with van der Waals surface area (Å²) in [4.78, 5) is 6.21. The van der Waals surface area contributed by atoms with Crippen LogP contribution >= 0.6 is 22.9 Å². The van der Waals surface area contributed by atoms with Gasteiger partial charge >= 0.3 is 0 Å². The largest absolute Gasteiger partial charge is 0.384 e. The van der Waals surface area contributed by atoms with Gasteiger partial charge in [0.2, 0.25) is 0 Å². The second-order valence-electron chi connectivity index (χ2n) is 7.66. The smallest absolute Gasteiger partial charge is 0.175 e. The maximum absolute atomic E-state index is 11.9. The first kappa shape index (κ1) is 21.7. The fourth-order valence-electron chi connectivity index (χ4n) is 3.09. The van der Waals surface area contributed by atoms with Gasteiger partial charge in [-0.2, -0.15) is 5.10 Å². The zero-order valence-electron chi connectivity index (χ0n) is 17.1. The van der Waals surface area contributed by atoms with Gasteiger partial charge < -0.3 is 5.11 Å². The van der Waals surface area contributed by atoms with Gasteiger partial charge in [-0.1, -0.05) is 23.7 Å². The number of halogens is 1. The van der Waals surface area contributed by atoms with E-state index in [1.807, 2.05) is 30.3 Å². The molecule has 0 amide bonds. The molecule has 0 bridgehead atoms. The summed E-state index contributed by atoms with van der Waals surface area (Å²) in [7, 11) is -3.30. The van der Waals surface area contributed by atoms with Gasteiger partial charge in [0.05, 0.1) is 21.2 Å². The van der Waals surface area contributed by atoms with Gasteiger partial charge in [0, 0.05) is 17.3 Å². The summed E-state index contributed by atoms with van der Waals surface area (Å²) < 4.78 is 25.5. The minimum absolute atomic E-state index is 0.274. The molecule has 0 atom stereocenters. The van der Waals surface area contributed by atoms with Crippen molar-refractivity contribution in [2.75, 3.05) is 6.26 Å². The summed E-state index contributed by atoms with van der Waals surface area (Å²) in [5.74, 6) is 0. The van der Waals surface area contributed by atoms with Crippen molar-refractivity contribution >= 4 is 32.8 Å². The Morgan fingerprint density at radius 3 is 2.48 bits per heavy atom. The van der Waals surface area contributed by atoms with Crippen molar-refractivity contribution in [3.63, 3.8) is 0 Å². The van der Waals surface area contributed by atoms with Crippen molar-refractivity contribution < 1.29 is 13.5 Å². The van der Waals surface area contributed by atoms with Gasteiger partial charge in [0.15, 0.2) is 15.0 Å². The minimum atomic E-state index is -3.30. The number of hydrogen-bond donors (Lipinski definition) is 1. The Labute approximate surface area is 189 Å². The molecule has 3 heterocycles. The molecule has 9 heteroatoms. The first-order chi connectivity index (χ1) is 14.5. The molecule has 3 aromatic heterocycles. The van der Waals surface area contributed by atoms with Crippen LogP contribution in [0.1, 0.15) is 19.5 Å². The molecule has 6 nitrogen and oxygen atoms in total. The number of pyridine rings is 1. The van der Waals surface area contributed by atoms with E-state index in [1.165, 1.54) is 17.6 Å². The average Bonchev–Trinajstić information content (AvgIpc) is 3.35. The molecular weight excluding hydrogens is 454 g/mol. The van der Waals surface area contributed by atoms with Crippen molar-refractivity contribution in [1.29, 1.82) is 0 Å². The first-order valence-corrected chi connectivity index (χ1v) is 12.5. The summed E-state index contributed by atoms with van der Waals surface area (Å²) in [6.45, 7) is 3.34. The molecule has 0 unspecified atom stereocenters. The van der Waals surface area contributed by atoms with Crippen LogP contribution in [0.2, 0.25) is 5.15 Å². The van der Waals surface area contributed by atoms with Gasteiger partial charge in [-0.25, -0.2) is 18.1 Å². The van der Waals surface area contributed by atoms with Crippen LogP contribution in [0.15, 0.2) is 65.7 Å². The number of thiophene rings is 1. The van der Waals surface area contributed by atoms with E-state index in [1.54, 1.807) is 49.0 Å². The Balaban J connectivity index is 1.84. The zero-order valence-corrected chi connectivity index (χ0v) is 19.5. The van der Waals surface area contributed by atoms with E-state index in [4.69, 9.17) is 11.6 Å². The van der Waals surface area contributed by atoms with E-state index in [0.29, 0.717) is 16.5 Å². The summed E-state index contributed by atoms with van der Waals surface area (Å²) in [5.41, 5.74) is 1.52. The second-order valence-corrected chi connectivity index (χ2v) is 11.1. The monoisotopic (exact) mass is 473 g/mol. The van der Waals surface area contributed by atoms with E-state index >= 15 is 0 Å². The Bertz CT molecular complexity index is 1370. The molecular formula is C22H20ClN3O3S2. The van der Waals surface area contributed by atoms with Crippen LogP contribution in [0.4, 0.5) is 0 Å². The van der Waals surface area contributed by atoms with Crippen LogP contribution in [0.5, 0.6) is 0 Å². The highest BCUT2D eigenvalue weighted by atomic mass is 35.5. The zero-order chi connectivity index (χ0) is 22.4. The molecule has 0 saturated heterocycles. The number of aliphatic hydroxyl groups is 1. The maximum Gasteiger partial charge on any atom is 0.175 e. The Morgan fingerprint density at radius 2 is 1.81 bits per heavy atom. The van der Waals surface area contributed by atoms with Crippen molar-refractivity contribution in [3.8, 4) is 26.7 Å². The average molecular weight is 474 g/mol. The molecule has 4 aromatic rings. The lowest BCUT2D eigenvalue weighted by molar-refractivity contribution is 0.0734. The molecule has 0 aliphatic carbocycles. The van der Waals surface area contributed by atoms with E-state index in [2.05, 4.69) is 10.1 Å². The highest BCUT2D eigenvalue weighted by Gasteiger charge is 2.24. The van der Waals surface area contributed by atoms with E-state index in [9.17, 15) is 13.5 Å². The Hall–Kier alpha value is -2.52. The lowest BCUT2D eigenvalue weighted by atomic mass is 10.1. The minimum Gasteiger partial charge on any atom is -0.384 e. The maximum atomic E-state index is 11.9. The lowest BCUT2D eigenvalue weighted by Gasteiger charge is -2.13. The van der Waals surface area contributed by atoms with Crippen molar-refractivity contribution in [2.45, 2.75) is 24.3 Å². The van der Waals surface area contributed by atoms with Crippen molar-refractivity contribution in [3.05, 3.63) is 71.6 Å². The Kier molecular flexibility index (Phi) is 5.51. The molecule has 31 heavy (non-hydrogen) atoms. The number of sulfone groups is 1. The Morgan fingerprint density at radius 1 is 1.06 bits per heavy atom. The molecule has 0 aliphatic rings. The highest BCUT2D eigenvalue weighted by molar-refractivity contribution is 7.90. The molecule has 0 saturated carbocycles. The molecule has 4 rings (SSSR count). The lowest BCUT2D eigenvalue weighted by Crippen LogP contribution is -2.16. The van der Waals surface area contributed by atoms with E-state index in [-0.39, 0.29) is 4.90 Å². The summed E-state index contributed by atoms with van der Waals surface area (Å²) in [5, 5.41) is 15.4. The van der Waals surface area contributed by atoms with Crippen molar-refractivity contribution in [1.82, 2.24) is 14.8 Å². The third-order valence-corrected chi connectivity index (χ3v) is 7.27. The third-order valence-electron chi connectivity index (χ3n) is 4.71. The van der Waals surface area contributed by atoms with Crippen molar-refractivity contribution in [2.24, 2.45) is 0 Å². The highest BCUT2D eigenvalue weighted by Crippen LogP contribution is 2.38. The van der Waals surface area contributed by atoms with Crippen LogP contribution in [-0.2, 0) is 15.4 Å². The number of benzene rings is 1. The first-order valence-electron chi connectivity index (χ1n) is 9.38. The number of aromatic nitrogens is 3. The molecule has 0 radical (unpaired) electrons. The van der Waals surface area contributed by atoms with Gasteiger partial charge in [0.1, 0.15) is 11.3 Å². The predicted octanol–water partition coefficient (Wildman–Crippen LogP) is 4.95. The van der Waals surface area contributed by atoms with E-state index in [0.717, 1.165) is 21.0 Å². The number of nitrogens with zero attached hydrogens (tertiary/aromatic N) is 3. The van der Waals surface area contributed by atoms with Gasteiger partial charge in [-0.3, -0.25) is 0 Å². The SMILES string of the molecule is CC(C)(O)c1cc(-c2ccc(-c3cccc(S(C)(=O)=O)c3)s2)n(-c2cccnc2Cl)n1. The van der Waals surface area contributed by atoms with Crippen LogP contribution in [0, 0.1) is 0 Å². The number of rotatable bonds is 5. The molecule has 160 valence electrons. The van der Waals surface area contributed by atoms with Gasteiger partial charge in [-0.05, 0) is 61.9 Å². The van der Waals surface area contributed by atoms with Crippen LogP contribution < -0.4 is 0 Å². The number of hydrogen-bond acceptors (Lipinski definition) is 6. The topological polar surface area (TPSA) is 85.1 Å². The standard InChI is InChI=1S/C22H20ClN3O3S2/c1-22(2,27)20-13-17(26(25-20)16-8-5-11-24-21(16)23)19-10-9-18(30-19)14-6-4-7-15(12-14)31(3,28)29/h4-13,27H,1-3H3. The third kappa shape index (κ3) is 4.43. The fraction of sp³-hybridized carbons (Fsp3) is 0.182. The molecule has 0 spiro atoms. The van der Waals surface area contributed by atoms with Gasteiger partial charge in [-0.15, -0.1) is 11.3 Å². The van der Waals surface area contributed by atoms with Crippen LogP contribution in [0.3, 0.4) is 0 Å². The normalized spacial score (nSPS) is 12.3. The summed E-state index contributed by atoms with van der Waals surface area (Å²) >= 11 is 7.81. The van der Waals surface area contributed by atoms with Crippen LogP contribution in [-0.4, -0.2) is 34.5 Å². The second kappa shape index (κ2) is 7.87. The molecule has 0 fully saturated rings. The molecule has 1 aromatic carbocycles. The predicted molar refractivity (Wildman–Crippen MR) is 123 cm³/mol. The fourth-order valence-corrected chi connectivity index (χ4v) is 4.96. The quantitative estimate of drug-likeness (QED) is 0.414. The summed E-state index contributed by atoms with van der Waals surface area (Å²) in [6, 6.07) is 16.2. The van der Waals surface area contributed by atoms with E-state index < -0.39 is 15.4 Å². The van der Waals surface area contributed by atoms with Crippen LogP contribution in [0.25, 0.3) is 26.7 Å². The molecule has 1 N–H and O–H groups in total.